The number of aromatic carboxylic acids is 1. The molecule has 1 N–H and O–H groups in total. The van der Waals surface area contributed by atoms with E-state index in [1.165, 1.54) is 6.07 Å². The standard InChI is InChI=1S/C15H9BrO3/c16-14-12(9-5-2-1-3-6-9)10-7-4-8-11(15(17)18)13(10)19-14/h1-8H,(H,17,18). The van der Waals surface area contributed by atoms with Gasteiger partial charge in [0.25, 0.3) is 0 Å². The normalized spacial score (nSPS) is 10.8. The van der Waals surface area contributed by atoms with E-state index in [0.717, 1.165) is 16.5 Å². The van der Waals surface area contributed by atoms with Gasteiger partial charge in [-0.1, -0.05) is 42.5 Å². The quantitative estimate of drug-likeness (QED) is 0.754. The number of hydrogen-bond acceptors (Lipinski definition) is 2. The molecule has 3 nitrogen and oxygen atoms in total. The molecule has 19 heavy (non-hydrogen) atoms. The Morgan fingerprint density at radius 1 is 1.05 bits per heavy atom. The third-order valence-corrected chi connectivity index (χ3v) is 3.52. The number of halogens is 1. The number of fused-ring (bicyclic) bond motifs is 1. The summed E-state index contributed by atoms with van der Waals surface area (Å²) in [5.41, 5.74) is 2.41. The van der Waals surface area contributed by atoms with Crippen LogP contribution in [0.1, 0.15) is 10.4 Å². The fraction of sp³-hybridized carbons (Fsp3) is 0. The van der Waals surface area contributed by atoms with E-state index in [0.29, 0.717) is 10.3 Å². The SMILES string of the molecule is O=C(O)c1cccc2c(-c3ccccc3)c(Br)oc12. The first kappa shape index (κ1) is 12.0. The van der Waals surface area contributed by atoms with Crippen LogP contribution in [0.25, 0.3) is 22.1 Å². The molecule has 1 aromatic heterocycles. The Morgan fingerprint density at radius 3 is 2.47 bits per heavy atom. The van der Waals surface area contributed by atoms with Crippen molar-refractivity contribution in [2.45, 2.75) is 0 Å². The van der Waals surface area contributed by atoms with Crippen molar-refractivity contribution >= 4 is 32.9 Å². The van der Waals surface area contributed by atoms with Gasteiger partial charge < -0.3 is 9.52 Å². The summed E-state index contributed by atoms with van der Waals surface area (Å²) in [5, 5.41) is 9.97. The molecule has 0 saturated heterocycles. The maximum absolute atomic E-state index is 11.2. The first-order valence-corrected chi connectivity index (χ1v) is 6.47. The molecule has 0 aliphatic carbocycles. The van der Waals surface area contributed by atoms with Gasteiger partial charge in [0, 0.05) is 10.9 Å². The van der Waals surface area contributed by atoms with Crippen LogP contribution < -0.4 is 0 Å². The number of hydrogen-bond donors (Lipinski definition) is 1. The summed E-state index contributed by atoms with van der Waals surface area (Å²) in [6.07, 6.45) is 0. The molecular weight excluding hydrogens is 308 g/mol. The van der Waals surface area contributed by atoms with Crippen molar-refractivity contribution < 1.29 is 14.3 Å². The minimum absolute atomic E-state index is 0.167. The average molecular weight is 317 g/mol. The highest BCUT2D eigenvalue weighted by molar-refractivity contribution is 9.10. The third-order valence-electron chi connectivity index (χ3n) is 2.97. The molecule has 1 heterocycles. The maximum atomic E-state index is 11.2. The van der Waals surface area contributed by atoms with Crippen molar-refractivity contribution in [3.05, 3.63) is 58.8 Å². The van der Waals surface area contributed by atoms with Gasteiger partial charge in [0.05, 0.1) is 0 Å². The molecule has 0 radical (unpaired) electrons. The summed E-state index contributed by atoms with van der Waals surface area (Å²) >= 11 is 3.37. The van der Waals surface area contributed by atoms with Crippen LogP contribution >= 0.6 is 15.9 Å². The van der Waals surface area contributed by atoms with E-state index in [9.17, 15) is 9.90 Å². The monoisotopic (exact) mass is 316 g/mol. The number of para-hydroxylation sites is 1. The molecule has 94 valence electrons. The lowest BCUT2D eigenvalue weighted by Crippen LogP contribution is -1.95. The second kappa shape index (κ2) is 4.55. The molecule has 0 saturated carbocycles. The van der Waals surface area contributed by atoms with E-state index in [1.54, 1.807) is 6.07 Å². The molecule has 3 rings (SSSR count). The molecule has 0 aliphatic rings. The Kier molecular flexibility index (Phi) is 2.87. The molecule has 0 bridgehead atoms. The first-order chi connectivity index (χ1) is 9.18. The molecule has 2 aromatic carbocycles. The summed E-state index contributed by atoms with van der Waals surface area (Å²) in [7, 11) is 0. The van der Waals surface area contributed by atoms with Crippen LogP contribution in [0.3, 0.4) is 0 Å². The van der Waals surface area contributed by atoms with Gasteiger partial charge in [-0.05, 0) is 27.6 Å². The largest absolute Gasteiger partial charge is 0.478 e. The van der Waals surface area contributed by atoms with Crippen LogP contribution in [0.5, 0.6) is 0 Å². The van der Waals surface area contributed by atoms with Gasteiger partial charge in [0.15, 0.2) is 10.3 Å². The second-order valence-electron chi connectivity index (χ2n) is 4.10. The van der Waals surface area contributed by atoms with Gasteiger partial charge in [-0.2, -0.15) is 0 Å². The molecule has 0 fully saturated rings. The van der Waals surface area contributed by atoms with Gasteiger partial charge >= 0.3 is 5.97 Å². The van der Waals surface area contributed by atoms with Gasteiger partial charge in [-0.3, -0.25) is 0 Å². The Morgan fingerprint density at radius 2 is 1.79 bits per heavy atom. The first-order valence-electron chi connectivity index (χ1n) is 5.68. The molecule has 0 atom stereocenters. The highest BCUT2D eigenvalue weighted by Gasteiger charge is 2.18. The van der Waals surface area contributed by atoms with Gasteiger partial charge in [-0.15, -0.1) is 0 Å². The van der Waals surface area contributed by atoms with Gasteiger partial charge in [-0.25, -0.2) is 4.79 Å². The zero-order valence-corrected chi connectivity index (χ0v) is 11.3. The van der Waals surface area contributed by atoms with Crippen LogP contribution in [-0.4, -0.2) is 11.1 Å². The number of benzene rings is 2. The minimum Gasteiger partial charge on any atom is -0.478 e. The average Bonchev–Trinajstić information content (AvgIpc) is 2.75. The zero-order valence-electron chi connectivity index (χ0n) is 9.76. The summed E-state index contributed by atoms with van der Waals surface area (Å²) < 4.78 is 6.13. The molecule has 0 amide bonds. The number of carbonyl (C=O) groups is 1. The third kappa shape index (κ3) is 1.94. The van der Waals surface area contributed by atoms with E-state index >= 15 is 0 Å². The molecule has 0 aliphatic heterocycles. The Labute approximate surface area is 117 Å². The lowest BCUT2D eigenvalue weighted by Gasteiger charge is -1.99. The fourth-order valence-electron chi connectivity index (χ4n) is 2.13. The Bertz CT molecular complexity index is 760. The lowest BCUT2D eigenvalue weighted by molar-refractivity contribution is 0.0698. The highest BCUT2D eigenvalue weighted by atomic mass is 79.9. The Balaban J connectivity index is 2.36. The summed E-state index contributed by atoms with van der Waals surface area (Å²) in [5.74, 6) is -0.994. The topological polar surface area (TPSA) is 50.4 Å². The van der Waals surface area contributed by atoms with Crippen LogP contribution in [-0.2, 0) is 0 Å². The van der Waals surface area contributed by atoms with E-state index in [-0.39, 0.29) is 5.56 Å². The van der Waals surface area contributed by atoms with Crippen molar-refractivity contribution in [2.75, 3.05) is 0 Å². The van der Waals surface area contributed by atoms with Crippen molar-refractivity contribution in [1.29, 1.82) is 0 Å². The van der Waals surface area contributed by atoms with Crippen molar-refractivity contribution in [3.8, 4) is 11.1 Å². The number of rotatable bonds is 2. The number of furan rings is 1. The molecular formula is C15H9BrO3. The molecule has 3 aromatic rings. The van der Waals surface area contributed by atoms with Crippen LogP contribution in [0.2, 0.25) is 0 Å². The van der Waals surface area contributed by atoms with E-state index in [2.05, 4.69) is 15.9 Å². The van der Waals surface area contributed by atoms with E-state index in [4.69, 9.17) is 4.42 Å². The van der Waals surface area contributed by atoms with Gasteiger partial charge in [0.1, 0.15) is 5.56 Å². The van der Waals surface area contributed by atoms with Crippen LogP contribution in [0, 0.1) is 0 Å². The Hall–Kier alpha value is -2.07. The van der Waals surface area contributed by atoms with E-state index in [1.807, 2.05) is 36.4 Å². The van der Waals surface area contributed by atoms with Crippen molar-refractivity contribution in [1.82, 2.24) is 0 Å². The second-order valence-corrected chi connectivity index (χ2v) is 4.82. The molecule has 0 unspecified atom stereocenters. The van der Waals surface area contributed by atoms with Crippen LogP contribution in [0.15, 0.2) is 57.6 Å². The lowest BCUT2D eigenvalue weighted by atomic mass is 10.0. The number of carboxylic acid groups (broad SMARTS) is 1. The summed E-state index contributed by atoms with van der Waals surface area (Å²) in [6.45, 7) is 0. The maximum Gasteiger partial charge on any atom is 0.339 e. The zero-order chi connectivity index (χ0) is 13.4. The predicted molar refractivity (Wildman–Crippen MR) is 76.3 cm³/mol. The fourth-order valence-corrected chi connectivity index (χ4v) is 2.74. The summed E-state index contributed by atoms with van der Waals surface area (Å²) in [6, 6.07) is 14.8. The predicted octanol–water partition coefficient (Wildman–Crippen LogP) is 4.56. The smallest absolute Gasteiger partial charge is 0.339 e. The van der Waals surface area contributed by atoms with Crippen molar-refractivity contribution in [2.24, 2.45) is 0 Å². The summed E-state index contributed by atoms with van der Waals surface area (Å²) in [4.78, 5) is 11.2. The van der Waals surface area contributed by atoms with Crippen molar-refractivity contribution in [3.63, 3.8) is 0 Å². The molecule has 4 heteroatoms. The minimum atomic E-state index is -0.994. The molecule has 0 spiro atoms. The van der Waals surface area contributed by atoms with E-state index < -0.39 is 5.97 Å². The highest BCUT2D eigenvalue weighted by Crippen LogP contribution is 2.39. The van der Waals surface area contributed by atoms with Gasteiger partial charge in [0.2, 0.25) is 0 Å². The number of carboxylic acids is 1. The van der Waals surface area contributed by atoms with Crippen LogP contribution in [0.4, 0.5) is 0 Å².